The predicted molar refractivity (Wildman–Crippen MR) is 57.4 cm³/mol. The Bertz CT molecular complexity index is 190. The summed E-state index contributed by atoms with van der Waals surface area (Å²) >= 11 is 0. The number of hydrogen-bond acceptors (Lipinski definition) is 4. The van der Waals surface area contributed by atoms with Gasteiger partial charge in [0.25, 0.3) is 0 Å². The lowest BCUT2D eigenvalue weighted by Crippen LogP contribution is -2.27. The smallest absolute Gasteiger partial charge is 0.332 e. The van der Waals surface area contributed by atoms with E-state index in [4.69, 9.17) is 15.2 Å². The highest BCUT2D eigenvalue weighted by molar-refractivity contribution is 5.70. The molecule has 88 valence electrons. The highest BCUT2D eigenvalue weighted by Gasteiger charge is 2.19. The minimum Gasteiger partial charge on any atom is -0.461 e. The maximum Gasteiger partial charge on any atom is 0.332 e. The summed E-state index contributed by atoms with van der Waals surface area (Å²) in [6.45, 7) is 2.45. The Hall–Kier alpha value is -0.610. The number of carbonyl (C=O) groups excluding carboxylic acids is 1. The van der Waals surface area contributed by atoms with Crippen molar-refractivity contribution in [3.8, 4) is 0 Å². The third-order valence-electron chi connectivity index (χ3n) is 2.68. The molecule has 0 amide bonds. The Morgan fingerprint density at radius 3 is 2.73 bits per heavy atom. The molecule has 0 saturated heterocycles. The predicted octanol–water partition coefficient (Wildman–Crippen LogP) is 1.23. The van der Waals surface area contributed by atoms with E-state index in [9.17, 15) is 4.79 Å². The molecule has 15 heavy (non-hydrogen) atoms. The van der Waals surface area contributed by atoms with Crippen LogP contribution in [0.4, 0.5) is 0 Å². The van der Waals surface area contributed by atoms with Crippen molar-refractivity contribution in [1.82, 2.24) is 0 Å². The standard InChI is InChI=1S/C11H21NO3/c1-2-9(12)7-14-8-11(13)15-10-5-3-4-6-10/h9-10H,2-8,12H2,1H3. The van der Waals surface area contributed by atoms with Gasteiger partial charge < -0.3 is 15.2 Å². The molecule has 1 aliphatic carbocycles. The topological polar surface area (TPSA) is 61.5 Å². The fraction of sp³-hybridized carbons (Fsp3) is 0.909. The van der Waals surface area contributed by atoms with Gasteiger partial charge in [-0.25, -0.2) is 4.79 Å². The Morgan fingerprint density at radius 1 is 1.47 bits per heavy atom. The second-order valence-electron chi connectivity index (χ2n) is 4.08. The minimum absolute atomic E-state index is 0.0179. The first-order chi connectivity index (χ1) is 7.22. The normalized spacial score (nSPS) is 19.1. The molecule has 1 aliphatic rings. The number of carbonyl (C=O) groups is 1. The third kappa shape index (κ3) is 5.14. The summed E-state index contributed by atoms with van der Waals surface area (Å²) in [4.78, 5) is 11.3. The molecule has 1 unspecified atom stereocenters. The van der Waals surface area contributed by atoms with Crippen LogP contribution in [-0.4, -0.2) is 31.3 Å². The fourth-order valence-corrected chi connectivity index (χ4v) is 1.64. The SMILES string of the molecule is CCC(N)COCC(=O)OC1CCCC1. The van der Waals surface area contributed by atoms with E-state index in [-0.39, 0.29) is 24.7 Å². The van der Waals surface area contributed by atoms with Gasteiger partial charge in [-0.1, -0.05) is 6.92 Å². The fourth-order valence-electron chi connectivity index (χ4n) is 1.64. The summed E-state index contributed by atoms with van der Waals surface area (Å²) in [6, 6.07) is 0.0179. The Kier molecular flexibility index (Phi) is 5.65. The summed E-state index contributed by atoms with van der Waals surface area (Å²) in [6.07, 6.45) is 5.32. The Balaban J connectivity index is 2.02. The molecule has 0 bridgehead atoms. The molecule has 2 N–H and O–H groups in total. The molecule has 0 aromatic rings. The van der Waals surface area contributed by atoms with Crippen LogP contribution in [0.5, 0.6) is 0 Å². The van der Waals surface area contributed by atoms with Crippen molar-refractivity contribution in [3.05, 3.63) is 0 Å². The van der Waals surface area contributed by atoms with Crippen molar-refractivity contribution in [2.24, 2.45) is 5.73 Å². The van der Waals surface area contributed by atoms with Crippen LogP contribution in [0.25, 0.3) is 0 Å². The van der Waals surface area contributed by atoms with E-state index >= 15 is 0 Å². The van der Waals surface area contributed by atoms with Crippen LogP contribution in [0.15, 0.2) is 0 Å². The summed E-state index contributed by atoms with van der Waals surface area (Å²) in [7, 11) is 0. The molecule has 0 spiro atoms. The zero-order chi connectivity index (χ0) is 11.1. The Morgan fingerprint density at radius 2 is 2.13 bits per heavy atom. The van der Waals surface area contributed by atoms with Gasteiger partial charge in [0.1, 0.15) is 12.7 Å². The van der Waals surface area contributed by atoms with Crippen LogP contribution in [0, 0.1) is 0 Å². The van der Waals surface area contributed by atoms with Gasteiger partial charge in [0, 0.05) is 6.04 Å². The number of ether oxygens (including phenoxy) is 2. The zero-order valence-electron chi connectivity index (χ0n) is 9.41. The van der Waals surface area contributed by atoms with Crippen LogP contribution < -0.4 is 5.73 Å². The largest absolute Gasteiger partial charge is 0.461 e. The molecule has 0 heterocycles. The molecule has 0 aliphatic heterocycles. The van der Waals surface area contributed by atoms with E-state index in [1.165, 1.54) is 12.8 Å². The highest BCUT2D eigenvalue weighted by atomic mass is 16.6. The molecule has 4 nitrogen and oxygen atoms in total. The maximum absolute atomic E-state index is 11.3. The second-order valence-corrected chi connectivity index (χ2v) is 4.08. The second kappa shape index (κ2) is 6.80. The molecule has 4 heteroatoms. The van der Waals surface area contributed by atoms with E-state index in [0.29, 0.717) is 6.61 Å². The Labute approximate surface area is 91.1 Å². The lowest BCUT2D eigenvalue weighted by atomic mass is 10.3. The highest BCUT2D eigenvalue weighted by Crippen LogP contribution is 2.20. The first kappa shape index (κ1) is 12.5. The van der Waals surface area contributed by atoms with E-state index in [2.05, 4.69) is 0 Å². The van der Waals surface area contributed by atoms with Gasteiger partial charge >= 0.3 is 5.97 Å². The van der Waals surface area contributed by atoms with Gasteiger partial charge in [0.2, 0.25) is 0 Å². The van der Waals surface area contributed by atoms with Crippen molar-refractivity contribution >= 4 is 5.97 Å². The van der Waals surface area contributed by atoms with Crippen LogP contribution in [0.3, 0.4) is 0 Å². The minimum atomic E-state index is -0.259. The maximum atomic E-state index is 11.3. The number of esters is 1. The van der Waals surface area contributed by atoms with Crippen LogP contribution >= 0.6 is 0 Å². The van der Waals surface area contributed by atoms with E-state index in [1.54, 1.807) is 0 Å². The van der Waals surface area contributed by atoms with Crippen molar-refractivity contribution in [2.45, 2.75) is 51.2 Å². The first-order valence-corrected chi connectivity index (χ1v) is 5.75. The van der Waals surface area contributed by atoms with Crippen LogP contribution in [0.1, 0.15) is 39.0 Å². The average molecular weight is 215 g/mol. The van der Waals surface area contributed by atoms with Crippen LogP contribution in [-0.2, 0) is 14.3 Å². The van der Waals surface area contributed by atoms with Crippen LogP contribution in [0.2, 0.25) is 0 Å². The summed E-state index contributed by atoms with van der Waals surface area (Å²) in [5.74, 6) is -0.259. The molecular formula is C11H21NO3. The van der Waals surface area contributed by atoms with Crippen molar-refractivity contribution in [2.75, 3.05) is 13.2 Å². The molecule has 1 atom stereocenters. The van der Waals surface area contributed by atoms with Gasteiger partial charge in [-0.15, -0.1) is 0 Å². The summed E-state index contributed by atoms with van der Waals surface area (Å²) in [5, 5.41) is 0. The van der Waals surface area contributed by atoms with E-state index in [1.807, 2.05) is 6.92 Å². The first-order valence-electron chi connectivity index (χ1n) is 5.75. The lowest BCUT2D eigenvalue weighted by Gasteiger charge is -2.12. The monoisotopic (exact) mass is 215 g/mol. The number of rotatable bonds is 6. The molecule has 1 fully saturated rings. The third-order valence-corrected chi connectivity index (χ3v) is 2.68. The van der Waals surface area contributed by atoms with Gasteiger partial charge in [-0.2, -0.15) is 0 Å². The molecule has 1 rings (SSSR count). The lowest BCUT2D eigenvalue weighted by molar-refractivity contribution is -0.154. The van der Waals surface area contributed by atoms with Gasteiger partial charge in [-0.3, -0.25) is 0 Å². The average Bonchev–Trinajstić information content (AvgIpc) is 2.70. The van der Waals surface area contributed by atoms with E-state index in [0.717, 1.165) is 19.3 Å². The zero-order valence-corrected chi connectivity index (χ0v) is 9.41. The van der Waals surface area contributed by atoms with Gasteiger partial charge in [0.05, 0.1) is 6.61 Å². The summed E-state index contributed by atoms with van der Waals surface area (Å²) < 4.78 is 10.4. The molecule has 0 aromatic carbocycles. The van der Waals surface area contributed by atoms with Crippen molar-refractivity contribution in [3.63, 3.8) is 0 Å². The molecule has 0 radical (unpaired) electrons. The van der Waals surface area contributed by atoms with Crippen molar-refractivity contribution in [1.29, 1.82) is 0 Å². The number of hydrogen-bond donors (Lipinski definition) is 1. The van der Waals surface area contributed by atoms with Crippen molar-refractivity contribution < 1.29 is 14.3 Å². The quantitative estimate of drug-likeness (QED) is 0.677. The molecular weight excluding hydrogens is 194 g/mol. The number of nitrogens with two attached hydrogens (primary N) is 1. The van der Waals surface area contributed by atoms with Gasteiger partial charge in [0.15, 0.2) is 0 Å². The van der Waals surface area contributed by atoms with Gasteiger partial charge in [-0.05, 0) is 32.1 Å². The summed E-state index contributed by atoms with van der Waals surface area (Å²) in [5.41, 5.74) is 5.65. The molecule has 0 aromatic heterocycles. The molecule has 1 saturated carbocycles. The van der Waals surface area contributed by atoms with E-state index < -0.39 is 0 Å².